The van der Waals surface area contributed by atoms with Crippen molar-refractivity contribution in [3.8, 4) is 34.0 Å². The van der Waals surface area contributed by atoms with Gasteiger partial charge in [0.2, 0.25) is 5.88 Å². The standard InChI is InChI=1S/C20H19F2N5O2/c21-20(22)8-13-6-14(7-18(20)25-13)29-19-4-3-16(26-27-19)15-2-1-11(5-17(15)28)12-9-23-24-10-12/h1-5,9-10,13-14,18,25,28H,6-8H2,(H,23,24)/t13?,14-,18?/m0/s1. The average molecular weight is 399 g/mol. The molecule has 2 fully saturated rings. The molecule has 0 amide bonds. The lowest BCUT2D eigenvalue weighted by Gasteiger charge is -2.29. The number of halogens is 2. The van der Waals surface area contributed by atoms with Crippen LogP contribution in [0.3, 0.4) is 0 Å². The number of fused-ring (bicyclic) bond motifs is 2. The van der Waals surface area contributed by atoms with Crippen LogP contribution in [0, 0.1) is 0 Å². The fourth-order valence-electron chi connectivity index (χ4n) is 4.13. The van der Waals surface area contributed by atoms with Crippen LogP contribution in [0.2, 0.25) is 0 Å². The number of benzene rings is 1. The first kappa shape index (κ1) is 18.0. The van der Waals surface area contributed by atoms with E-state index in [0.29, 0.717) is 17.7 Å². The van der Waals surface area contributed by atoms with Crippen molar-refractivity contribution in [2.75, 3.05) is 0 Å². The minimum absolute atomic E-state index is 0.0730. The quantitative estimate of drug-likeness (QED) is 0.624. The number of nitrogens with zero attached hydrogens (tertiary/aromatic N) is 3. The summed E-state index contributed by atoms with van der Waals surface area (Å²) in [5, 5.41) is 28.2. The maximum Gasteiger partial charge on any atom is 0.264 e. The topological polar surface area (TPSA) is 96.0 Å². The number of nitrogens with one attached hydrogen (secondary N) is 2. The van der Waals surface area contributed by atoms with Crippen molar-refractivity contribution >= 4 is 0 Å². The number of aromatic nitrogens is 4. The maximum atomic E-state index is 13.8. The summed E-state index contributed by atoms with van der Waals surface area (Å²) in [6.45, 7) is 0. The van der Waals surface area contributed by atoms with E-state index >= 15 is 0 Å². The van der Waals surface area contributed by atoms with Crippen molar-refractivity contribution in [2.45, 2.75) is 43.4 Å². The smallest absolute Gasteiger partial charge is 0.264 e. The van der Waals surface area contributed by atoms with Gasteiger partial charge in [-0.3, -0.25) is 5.10 Å². The Morgan fingerprint density at radius 3 is 2.69 bits per heavy atom. The van der Waals surface area contributed by atoms with E-state index in [-0.39, 0.29) is 36.6 Å². The van der Waals surface area contributed by atoms with E-state index in [2.05, 4.69) is 25.7 Å². The summed E-state index contributed by atoms with van der Waals surface area (Å²) in [6, 6.07) is 7.52. The second kappa shape index (κ2) is 6.77. The predicted octanol–water partition coefficient (Wildman–Crippen LogP) is 3.15. The summed E-state index contributed by atoms with van der Waals surface area (Å²) in [6.07, 6.45) is 3.71. The van der Waals surface area contributed by atoms with Gasteiger partial charge in [-0.1, -0.05) is 6.07 Å². The second-order valence-electron chi connectivity index (χ2n) is 7.57. The van der Waals surface area contributed by atoms with Crippen LogP contribution in [0.25, 0.3) is 22.4 Å². The lowest BCUT2D eigenvalue weighted by molar-refractivity contribution is -0.0195. The first-order valence-electron chi connectivity index (χ1n) is 9.45. The molecular formula is C20H19F2N5O2. The van der Waals surface area contributed by atoms with Crippen molar-refractivity contribution in [2.24, 2.45) is 0 Å². The summed E-state index contributed by atoms with van der Waals surface area (Å²) in [4.78, 5) is 0. The Balaban J connectivity index is 1.30. The molecule has 5 rings (SSSR count). The lowest BCUT2D eigenvalue weighted by Crippen LogP contribution is -2.46. The van der Waals surface area contributed by atoms with Crippen molar-refractivity contribution in [1.82, 2.24) is 25.7 Å². The number of alkyl halides is 2. The van der Waals surface area contributed by atoms with Gasteiger partial charge in [0.15, 0.2) is 0 Å². The largest absolute Gasteiger partial charge is 0.507 e. The van der Waals surface area contributed by atoms with Crippen LogP contribution < -0.4 is 10.1 Å². The van der Waals surface area contributed by atoms with Crippen molar-refractivity contribution < 1.29 is 18.6 Å². The third kappa shape index (κ3) is 3.42. The molecule has 2 saturated heterocycles. The molecule has 2 unspecified atom stereocenters. The minimum Gasteiger partial charge on any atom is -0.507 e. The molecule has 2 aliphatic rings. The van der Waals surface area contributed by atoms with Crippen LogP contribution in [0.4, 0.5) is 8.78 Å². The van der Waals surface area contributed by atoms with Gasteiger partial charge >= 0.3 is 0 Å². The van der Waals surface area contributed by atoms with Gasteiger partial charge in [-0.05, 0) is 30.2 Å². The molecule has 0 saturated carbocycles. The molecule has 2 bridgehead atoms. The molecule has 150 valence electrons. The highest BCUT2D eigenvalue weighted by Gasteiger charge is 2.53. The lowest BCUT2D eigenvalue weighted by atomic mass is 10.0. The van der Waals surface area contributed by atoms with Gasteiger partial charge in [-0.2, -0.15) is 5.10 Å². The summed E-state index contributed by atoms with van der Waals surface area (Å²) in [7, 11) is 0. The Hall–Kier alpha value is -3.07. The first-order chi connectivity index (χ1) is 14.0. The molecular weight excluding hydrogens is 380 g/mol. The number of aromatic amines is 1. The molecule has 3 atom stereocenters. The van der Waals surface area contributed by atoms with Gasteiger partial charge in [0.1, 0.15) is 11.9 Å². The van der Waals surface area contributed by atoms with E-state index in [1.54, 1.807) is 36.7 Å². The minimum atomic E-state index is -2.68. The molecule has 2 aromatic heterocycles. The third-order valence-corrected chi connectivity index (χ3v) is 5.54. The SMILES string of the molecule is Oc1cc(-c2cn[nH]c2)ccc1-c1ccc(O[C@H]2CC3CC(F)(F)C(C2)N3)nn1. The molecule has 1 aromatic carbocycles. The first-order valence-corrected chi connectivity index (χ1v) is 9.45. The highest BCUT2D eigenvalue weighted by Crippen LogP contribution is 2.40. The molecule has 2 aliphatic heterocycles. The highest BCUT2D eigenvalue weighted by molar-refractivity contribution is 5.73. The Morgan fingerprint density at radius 2 is 2.00 bits per heavy atom. The number of hydrogen-bond donors (Lipinski definition) is 3. The van der Waals surface area contributed by atoms with E-state index in [0.717, 1.165) is 11.1 Å². The fraction of sp³-hybridized carbons (Fsp3) is 0.350. The zero-order valence-electron chi connectivity index (χ0n) is 15.3. The highest BCUT2D eigenvalue weighted by atomic mass is 19.3. The summed E-state index contributed by atoms with van der Waals surface area (Å²) in [5.74, 6) is -2.32. The summed E-state index contributed by atoms with van der Waals surface area (Å²) >= 11 is 0. The number of hydrogen-bond acceptors (Lipinski definition) is 6. The number of phenolic OH excluding ortho intramolecular Hbond substituents is 1. The monoisotopic (exact) mass is 399 g/mol. The van der Waals surface area contributed by atoms with Crippen LogP contribution in [0.5, 0.6) is 11.6 Å². The number of rotatable bonds is 4. The van der Waals surface area contributed by atoms with Crippen LogP contribution in [-0.2, 0) is 0 Å². The van der Waals surface area contributed by atoms with Gasteiger partial charge in [-0.25, -0.2) is 8.78 Å². The molecule has 3 N–H and O–H groups in total. The third-order valence-electron chi connectivity index (χ3n) is 5.54. The molecule has 3 aromatic rings. The number of H-pyrrole nitrogens is 1. The molecule has 9 heteroatoms. The number of phenols is 1. The van der Waals surface area contributed by atoms with Crippen LogP contribution >= 0.6 is 0 Å². The number of piperidine rings is 1. The Kier molecular flexibility index (Phi) is 4.20. The zero-order valence-corrected chi connectivity index (χ0v) is 15.3. The Bertz CT molecular complexity index is 1010. The molecule has 0 radical (unpaired) electrons. The predicted molar refractivity (Wildman–Crippen MR) is 101 cm³/mol. The van der Waals surface area contributed by atoms with Crippen LogP contribution in [0.1, 0.15) is 19.3 Å². The average Bonchev–Trinajstić information content (AvgIpc) is 3.29. The van der Waals surface area contributed by atoms with Gasteiger partial charge in [0, 0.05) is 42.3 Å². The maximum absolute atomic E-state index is 13.8. The van der Waals surface area contributed by atoms with E-state index in [1.807, 2.05) is 6.07 Å². The second-order valence-corrected chi connectivity index (χ2v) is 7.57. The van der Waals surface area contributed by atoms with Gasteiger partial charge in [0.05, 0.1) is 17.9 Å². The van der Waals surface area contributed by atoms with E-state index in [4.69, 9.17) is 4.74 Å². The molecule has 0 spiro atoms. The summed E-state index contributed by atoms with van der Waals surface area (Å²) < 4.78 is 33.5. The van der Waals surface area contributed by atoms with Crippen molar-refractivity contribution in [3.63, 3.8) is 0 Å². The number of ether oxygens (including phenoxy) is 1. The van der Waals surface area contributed by atoms with E-state index in [9.17, 15) is 13.9 Å². The van der Waals surface area contributed by atoms with Crippen LogP contribution in [0.15, 0.2) is 42.7 Å². The molecule has 4 heterocycles. The molecule has 7 nitrogen and oxygen atoms in total. The Labute approximate surface area is 165 Å². The zero-order chi connectivity index (χ0) is 20.0. The van der Waals surface area contributed by atoms with Gasteiger partial charge in [0.25, 0.3) is 5.92 Å². The fourth-order valence-corrected chi connectivity index (χ4v) is 4.13. The van der Waals surface area contributed by atoms with E-state index < -0.39 is 12.0 Å². The van der Waals surface area contributed by atoms with Gasteiger partial charge < -0.3 is 15.2 Å². The number of aromatic hydroxyl groups is 1. The van der Waals surface area contributed by atoms with Gasteiger partial charge in [-0.15, -0.1) is 10.2 Å². The van der Waals surface area contributed by atoms with Crippen LogP contribution in [-0.4, -0.2) is 49.6 Å². The normalized spacial score (nSPS) is 25.1. The summed E-state index contributed by atoms with van der Waals surface area (Å²) in [5.41, 5.74) is 2.72. The van der Waals surface area contributed by atoms with Crippen molar-refractivity contribution in [1.29, 1.82) is 0 Å². The van der Waals surface area contributed by atoms with E-state index in [1.165, 1.54) is 0 Å². The molecule has 29 heavy (non-hydrogen) atoms. The molecule has 0 aliphatic carbocycles. The van der Waals surface area contributed by atoms with Crippen molar-refractivity contribution in [3.05, 3.63) is 42.7 Å². The Morgan fingerprint density at radius 1 is 1.10 bits per heavy atom.